The van der Waals surface area contributed by atoms with Crippen LogP contribution in [0.15, 0.2) is 73.3 Å². The number of carbonyl (C=O) groups is 3. The van der Waals surface area contributed by atoms with Crippen molar-refractivity contribution in [3.8, 4) is 5.75 Å². The topological polar surface area (TPSA) is 110 Å². The number of esters is 1. The number of halogens is 3. The number of nitrogens with zero attached hydrogens (tertiary/aromatic N) is 1. The van der Waals surface area contributed by atoms with E-state index in [9.17, 15) is 18.8 Å². The van der Waals surface area contributed by atoms with E-state index in [1.54, 1.807) is 18.2 Å². The Bertz CT molecular complexity index is 1180. The third-order valence-corrected chi connectivity index (χ3v) is 4.89. The van der Waals surface area contributed by atoms with Crippen LogP contribution in [0.3, 0.4) is 0 Å². The SMILES string of the molecule is O=C(CNC(=O)c1ccco1)NN=Cc1cc(Br)cc(Br)c1OC(=O)c1cccc(F)c1. The number of furan rings is 1. The van der Waals surface area contributed by atoms with Crippen molar-refractivity contribution in [2.24, 2.45) is 5.10 Å². The molecule has 3 rings (SSSR count). The van der Waals surface area contributed by atoms with Crippen molar-refractivity contribution >= 4 is 55.9 Å². The lowest BCUT2D eigenvalue weighted by Crippen LogP contribution is -2.34. The smallest absolute Gasteiger partial charge is 0.343 e. The molecule has 0 aliphatic rings. The molecule has 0 spiro atoms. The van der Waals surface area contributed by atoms with E-state index in [4.69, 9.17) is 9.15 Å². The zero-order valence-electron chi connectivity index (χ0n) is 16.1. The summed E-state index contributed by atoms with van der Waals surface area (Å²) in [6.07, 6.45) is 2.60. The molecule has 2 amide bonds. The predicted molar refractivity (Wildman–Crippen MR) is 120 cm³/mol. The van der Waals surface area contributed by atoms with Gasteiger partial charge in [0, 0.05) is 10.0 Å². The first-order chi connectivity index (χ1) is 15.3. The number of nitrogens with one attached hydrogen (secondary N) is 2. The monoisotopic (exact) mass is 565 g/mol. The van der Waals surface area contributed by atoms with Crippen LogP contribution in [0.2, 0.25) is 0 Å². The molecule has 0 saturated carbocycles. The second-order valence-corrected chi connectivity index (χ2v) is 7.93. The summed E-state index contributed by atoms with van der Waals surface area (Å²) >= 11 is 6.63. The van der Waals surface area contributed by atoms with Gasteiger partial charge in [0.2, 0.25) is 0 Å². The van der Waals surface area contributed by atoms with Gasteiger partial charge in [-0.25, -0.2) is 14.6 Å². The van der Waals surface area contributed by atoms with Crippen molar-refractivity contribution in [1.29, 1.82) is 0 Å². The van der Waals surface area contributed by atoms with Gasteiger partial charge in [0.1, 0.15) is 5.82 Å². The molecule has 11 heteroatoms. The fraction of sp³-hybridized carbons (Fsp3) is 0.0476. The molecule has 0 unspecified atom stereocenters. The highest BCUT2D eigenvalue weighted by Gasteiger charge is 2.16. The van der Waals surface area contributed by atoms with Crippen molar-refractivity contribution < 1.29 is 27.9 Å². The van der Waals surface area contributed by atoms with E-state index in [1.165, 1.54) is 36.7 Å². The second-order valence-electron chi connectivity index (χ2n) is 6.16. The minimum absolute atomic E-state index is 0.0308. The molecular formula is C21H14Br2FN3O5. The van der Waals surface area contributed by atoms with E-state index in [2.05, 4.69) is 47.7 Å². The van der Waals surface area contributed by atoms with Gasteiger partial charge in [-0.2, -0.15) is 5.10 Å². The molecule has 0 atom stereocenters. The Hall–Kier alpha value is -3.31. The van der Waals surface area contributed by atoms with Crippen molar-refractivity contribution in [1.82, 2.24) is 10.7 Å². The third-order valence-electron chi connectivity index (χ3n) is 3.84. The van der Waals surface area contributed by atoms with Crippen molar-refractivity contribution in [3.05, 3.63) is 86.4 Å². The number of hydrogen-bond donors (Lipinski definition) is 2. The van der Waals surface area contributed by atoms with E-state index in [0.29, 0.717) is 14.5 Å². The molecule has 1 aromatic heterocycles. The van der Waals surface area contributed by atoms with Crippen LogP contribution < -0.4 is 15.5 Å². The van der Waals surface area contributed by atoms with Crippen molar-refractivity contribution in [2.75, 3.05) is 6.54 Å². The maximum absolute atomic E-state index is 13.4. The summed E-state index contributed by atoms with van der Waals surface area (Å²) in [4.78, 5) is 36.1. The van der Waals surface area contributed by atoms with Crippen LogP contribution in [0.1, 0.15) is 26.5 Å². The average molecular weight is 567 g/mol. The molecule has 0 saturated heterocycles. The van der Waals surface area contributed by atoms with Crippen LogP contribution in [0.25, 0.3) is 0 Å². The van der Waals surface area contributed by atoms with Gasteiger partial charge in [0.15, 0.2) is 11.5 Å². The number of hydrogen-bond acceptors (Lipinski definition) is 6. The van der Waals surface area contributed by atoms with E-state index < -0.39 is 23.6 Å². The van der Waals surface area contributed by atoms with Crippen LogP contribution >= 0.6 is 31.9 Å². The molecular weight excluding hydrogens is 553 g/mol. The van der Waals surface area contributed by atoms with Gasteiger partial charge in [-0.1, -0.05) is 22.0 Å². The largest absolute Gasteiger partial charge is 0.459 e. The van der Waals surface area contributed by atoms with Gasteiger partial charge in [-0.15, -0.1) is 0 Å². The highest BCUT2D eigenvalue weighted by Crippen LogP contribution is 2.32. The Morgan fingerprint density at radius 2 is 1.94 bits per heavy atom. The zero-order valence-corrected chi connectivity index (χ0v) is 19.3. The molecule has 2 N–H and O–H groups in total. The Morgan fingerprint density at radius 3 is 2.66 bits per heavy atom. The lowest BCUT2D eigenvalue weighted by Gasteiger charge is -2.10. The molecule has 164 valence electrons. The Balaban J connectivity index is 1.66. The molecule has 0 bridgehead atoms. The average Bonchev–Trinajstić information content (AvgIpc) is 3.29. The summed E-state index contributed by atoms with van der Waals surface area (Å²) in [7, 11) is 0. The van der Waals surface area contributed by atoms with Gasteiger partial charge in [0.25, 0.3) is 11.8 Å². The number of benzene rings is 2. The van der Waals surface area contributed by atoms with Crippen LogP contribution in [0.4, 0.5) is 4.39 Å². The normalized spacial score (nSPS) is 10.7. The number of rotatable bonds is 7. The maximum atomic E-state index is 13.4. The molecule has 0 aliphatic heterocycles. The van der Waals surface area contributed by atoms with Crippen molar-refractivity contribution in [2.45, 2.75) is 0 Å². The molecule has 32 heavy (non-hydrogen) atoms. The highest BCUT2D eigenvalue weighted by atomic mass is 79.9. The summed E-state index contributed by atoms with van der Waals surface area (Å²) < 4.78 is 24.8. The first-order valence-corrected chi connectivity index (χ1v) is 10.5. The summed E-state index contributed by atoms with van der Waals surface area (Å²) in [6.45, 7) is -0.333. The van der Waals surface area contributed by atoms with Crippen LogP contribution in [0.5, 0.6) is 5.75 Å². The predicted octanol–water partition coefficient (Wildman–Crippen LogP) is 4.04. The molecule has 0 fully saturated rings. The summed E-state index contributed by atoms with van der Waals surface area (Å²) in [5.74, 6) is -2.29. The standard InChI is InChI=1S/C21H14Br2FN3O5/c22-14-7-13(10-26-27-18(28)11-25-20(29)17-5-2-6-31-17)19(16(23)9-14)32-21(30)12-3-1-4-15(24)8-12/h1-10H,11H2,(H,25,29)(H,27,28). The summed E-state index contributed by atoms with van der Waals surface area (Å²) in [5, 5.41) is 6.21. The van der Waals surface area contributed by atoms with Gasteiger partial charge >= 0.3 is 5.97 Å². The molecule has 0 radical (unpaired) electrons. The van der Waals surface area contributed by atoms with Gasteiger partial charge in [-0.3, -0.25) is 9.59 Å². The van der Waals surface area contributed by atoms with E-state index >= 15 is 0 Å². The van der Waals surface area contributed by atoms with E-state index in [0.717, 1.165) is 6.07 Å². The van der Waals surface area contributed by atoms with E-state index in [-0.39, 0.29) is 23.6 Å². The summed E-state index contributed by atoms with van der Waals surface area (Å²) in [6, 6.07) is 11.3. The lowest BCUT2D eigenvalue weighted by molar-refractivity contribution is -0.120. The number of ether oxygens (including phenoxy) is 1. The van der Waals surface area contributed by atoms with Gasteiger partial charge < -0.3 is 14.5 Å². The Kier molecular flexibility index (Phi) is 7.90. The lowest BCUT2D eigenvalue weighted by atomic mass is 10.2. The highest BCUT2D eigenvalue weighted by molar-refractivity contribution is 9.11. The molecule has 0 aliphatic carbocycles. The first-order valence-electron chi connectivity index (χ1n) is 8.94. The van der Waals surface area contributed by atoms with Crippen molar-refractivity contribution in [3.63, 3.8) is 0 Å². The molecule has 3 aromatic rings. The number of carbonyl (C=O) groups excluding carboxylic acids is 3. The Labute approximate surface area is 198 Å². The fourth-order valence-electron chi connectivity index (χ4n) is 2.42. The third kappa shape index (κ3) is 6.34. The quantitative estimate of drug-likeness (QED) is 0.194. The van der Waals surface area contributed by atoms with Crippen LogP contribution in [-0.4, -0.2) is 30.5 Å². The minimum atomic E-state index is -0.771. The summed E-state index contributed by atoms with van der Waals surface area (Å²) in [5.41, 5.74) is 2.63. The van der Waals surface area contributed by atoms with Crippen LogP contribution in [-0.2, 0) is 4.79 Å². The molecule has 1 heterocycles. The minimum Gasteiger partial charge on any atom is -0.459 e. The fourth-order valence-corrected chi connectivity index (χ4v) is 3.76. The molecule has 2 aromatic carbocycles. The Morgan fingerprint density at radius 1 is 1.12 bits per heavy atom. The van der Waals surface area contributed by atoms with Crippen LogP contribution in [0, 0.1) is 5.82 Å². The number of amides is 2. The zero-order chi connectivity index (χ0) is 23.1. The maximum Gasteiger partial charge on any atom is 0.343 e. The second kappa shape index (κ2) is 10.8. The van der Waals surface area contributed by atoms with Gasteiger partial charge in [-0.05, 0) is 58.4 Å². The first kappa shape index (κ1) is 23.4. The van der Waals surface area contributed by atoms with E-state index in [1.807, 2.05) is 0 Å². The number of hydrazone groups is 1. The van der Waals surface area contributed by atoms with Gasteiger partial charge in [0.05, 0.1) is 29.1 Å². The molecule has 8 nitrogen and oxygen atoms in total.